The van der Waals surface area contributed by atoms with Gasteiger partial charge in [0.25, 0.3) is 0 Å². The summed E-state index contributed by atoms with van der Waals surface area (Å²) in [4.78, 5) is 26.0. The molecule has 1 aliphatic rings. The third kappa shape index (κ3) is 29.2. The summed E-state index contributed by atoms with van der Waals surface area (Å²) in [5, 5.41) is 3.54. The van der Waals surface area contributed by atoms with Crippen molar-refractivity contribution in [2.45, 2.75) is 65.3 Å². The average Bonchev–Trinajstić information content (AvgIpc) is 1.79. The third-order valence-electron chi connectivity index (χ3n) is 16.8. The van der Waals surface area contributed by atoms with Crippen LogP contribution in [0.2, 0.25) is 25.1 Å². The molecule has 1 amide bonds. The smallest absolute Gasteiger partial charge is 0.227 e. The van der Waals surface area contributed by atoms with Gasteiger partial charge < -0.3 is 52.3 Å². The summed E-state index contributed by atoms with van der Waals surface area (Å²) in [6.45, 7) is 10.2. The maximum absolute atomic E-state index is 12.2. The summed E-state index contributed by atoms with van der Waals surface area (Å²) < 4.78 is 76.1. The summed E-state index contributed by atoms with van der Waals surface area (Å²) in [5.41, 5.74) is 17.3. The van der Waals surface area contributed by atoms with E-state index in [1.54, 1.807) is 60.9 Å². The van der Waals surface area contributed by atoms with Crippen LogP contribution in [0.3, 0.4) is 0 Å². The summed E-state index contributed by atoms with van der Waals surface area (Å²) in [7, 11) is 8.43. The minimum atomic E-state index is -3.12. The van der Waals surface area contributed by atoms with Crippen LogP contribution in [-0.4, -0.2) is 122 Å². The molecule has 0 atom stereocenters. The summed E-state index contributed by atoms with van der Waals surface area (Å²) in [6.07, 6.45) is 3.34. The van der Waals surface area contributed by atoms with E-state index in [-0.39, 0.29) is 17.4 Å². The molecule has 0 bridgehead atoms. The normalized spacial score (nSPS) is 11.7. The highest BCUT2D eigenvalue weighted by Crippen LogP contribution is 2.35. The molecule has 1 fully saturated rings. The molecule has 0 aliphatic carbocycles. The van der Waals surface area contributed by atoms with Gasteiger partial charge in [0.2, 0.25) is 5.91 Å². The van der Waals surface area contributed by atoms with Crippen LogP contribution < -0.4 is 19.1 Å². The lowest BCUT2D eigenvalue weighted by molar-refractivity contribution is -0.117. The number of Topliss-reactive ketones (excluding diaryl/α,β-unsaturated/α-hetero) is 1. The van der Waals surface area contributed by atoms with Crippen LogP contribution in [-0.2, 0) is 80.0 Å². The van der Waals surface area contributed by atoms with E-state index >= 15 is 0 Å². The van der Waals surface area contributed by atoms with Gasteiger partial charge in [-0.25, -0.2) is 8.42 Å². The van der Waals surface area contributed by atoms with Gasteiger partial charge in [-0.15, -0.1) is 0 Å². The molecule has 1 aliphatic heterocycles. The maximum atomic E-state index is 12.2. The fourth-order valence-electron chi connectivity index (χ4n) is 11.7. The van der Waals surface area contributed by atoms with E-state index in [9.17, 15) is 18.0 Å². The van der Waals surface area contributed by atoms with Crippen molar-refractivity contribution in [2.75, 3.05) is 107 Å². The first-order valence-corrected chi connectivity index (χ1v) is 39.3. The lowest BCUT2D eigenvalue weighted by atomic mass is 9.94. The predicted molar refractivity (Wildman–Crippen MR) is 443 cm³/mol. The van der Waals surface area contributed by atoms with Gasteiger partial charge in [0.1, 0.15) is 30.5 Å². The van der Waals surface area contributed by atoms with Crippen LogP contribution in [0, 0.1) is 5.92 Å². The number of carbonyl (C=O) groups is 2. The lowest BCUT2D eigenvalue weighted by Crippen LogP contribution is -2.23. The van der Waals surface area contributed by atoms with Crippen molar-refractivity contribution in [3.63, 3.8) is 0 Å². The standard InChI is InChI=1S/C19H23ClO4.C19H21ClO2.C18H18ClNO2.C17H19ClO3.C15H15ClO3S/c1-21-9-10-23-11-12-24-18-7-8-19(16(13-18)14-22-2)15-3-5-17(20)6-4-15;1-13(2)10-19(21)15-6-9-18(16(11-15)12-22-3)14-4-7-17(20)8-5-14;1-22-12-14-11-16(20-10-2-3-18(20)21)8-9-17(14)13-4-6-15(19)7-5-13;1-19-9-10-21-16-7-8-17(14(11-16)12-20-2)13-3-5-15(18)6-4-13;1-19-15-8-5-12(9-13(15)10-20(2,17)18)11-3-6-14(16)7-4-11/h3-8,13H,9-12,14H2,1-2H3;4-9,11,13H,10,12H2,1-3H3;4-9,11H,2-3,10,12H2,1H3;3-8,11H,9-10,12H2,1-2H3;3-9H,10H2,1-2H3. The Bertz CT molecular complexity index is 4570. The quantitative estimate of drug-likeness (QED) is 0.0298. The highest BCUT2D eigenvalue weighted by molar-refractivity contribution is 7.89. The Labute approximate surface area is 668 Å². The number of halogens is 5. The van der Waals surface area contributed by atoms with Gasteiger partial charge in [-0.2, -0.15) is 0 Å². The van der Waals surface area contributed by atoms with Crippen LogP contribution in [0.25, 0.3) is 55.6 Å². The Kier molecular flexibility index (Phi) is 37.6. The number of ketones is 1. The Hall–Kier alpha value is -8.14. The van der Waals surface area contributed by atoms with Gasteiger partial charge in [-0.05, 0) is 205 Å². The molecule has 1 saturated heterocycles. The van der Waals surface area contributed by atoms with Crippen molar-refractivity contribution in [1.82, 2.24) is 0 Å². The molecule has 0 unspecified atom stereocenters. The van der Waals surface area contributed by atoms with Gasteiger partial charge in [-0.1, -0.05) is 169 Å². The minimum Gasteiger partial charge on any atom is -0.496 e. The van der Waals surface area contributed by atoms with E-state index in [2.05, 4.69) is 26.0 Å². The van der Waals surface area contributed by atoms with Gasteiger partial charge in [0, 0.05) is 110 Å². The number of benzene rings is 10. The topological polar surface area (TPSA) is 164 Å². The van der Waals surface area contributed by atoms with Crippen molar-refractivity contribution < 1.29 is 65.4 Å². The van der Waals surface area contributed by atoms with E-state index in [4.69, 9.17) is 105 Å². The Morgan fingerprint density at radius 3 is 1.18 bits per heavy atom. The van der Waals surface area contributed by atoms with Crippen molar-refractivity contribution in [3.8, 4) is 72.9 Å². The monoisotopic (exact) mass is 1600 g/mol. The second kappa shape index (κ2) is 46.5. The average molecular weight is 1600 g/mol. The molecule has 1 heterocycles. The van der Waals surface area contributed by atoms with Crippen molar-refractivity contribution in [2.24, 2.45) is 5.92 Å². The third-order valence-corrected chi connectivity index (χ3v) is 18.9. The molecule has 0 aromatic heterocycles. The molecule has 10 aromatic carbocycles. The Morgan fingerprint density at radius 1 is 0.413 bits per heavy atom. The zero-order valence-electron chi connectivity index (χ0n) is 63.4. The van der Waals surface area contributed by atoms with E-state index in [0.717, 1.165) is 129 Å². The van der Waals surface area contributed by atoms with Gasteiger partial charge in [0.15, 0.2) is 15.6 Å². The first kappa shape index (κ1) is 88.1. The number of methoxy groups -OCH3 is 7. The fraction of sp³-hybridized carbons (Fsp3) is 0.295. The van der Waals surface area contributed by atoms with Gasteiger partial charge >= 0.3 is 0 Å². The number of ether oxygens (including phenoxy) is 10. The van der Waals surface area contributed by atoms with Crippen molar-refractivity contribution in [1.29, 1.82) is 0 Å². The van der Waals surface area contributed by atoms with Crippen LogP contribution >= 0.6 is 58.0 Å². The molecule has 109 heavy (non-hydrogen) atoms. The second-order valence-electron chi connectivity index (χ2n) is 25.7. The molecule has 0 radical (unpaired) electrons. The Morgan fingerprint density at radius 2 is 0.789 bits per heavy atom. The Balaban J connectivity index is 0.000000190. The molecule has 15 nitrogen and oxygen atoms in total. The van der Waals surface area contributed by atoms with E-state index < -0.39 is 9.84 Å². The number of hydrogen-bond acceptors (Lipinski definition) is 14. The lowest BCUT2D eigenvalue weighted by Gasteiger charge is -2.18. The van der Waals surface area contributed by atoms with E-state index in [1.807, 2.05) is 187 Å². The molecule has 21 heteroatoms. The second-order valence-corrected chi connectivity index (χ2v) is 30.0. The van der Waals surface area contributed by atoms with E-state index in [0.29, 0.717) is 106 Å². The molecular formula is C88H96Cl5NO14S. The number of nitrogens with zero attached hydrogens (tertiary/aromatic N) is 1. The zero-order chi connectivity index (χ0) is 78.7. The molecule has 0 saturated carbocycles. The molecule has 578 valence electrons. The highest BCUT2D eigenvalue weighted by atomic mass is 35.5. The SMILES string of the molecule is COCCOCCOc1ccc(-c2ccc(Cl)cc2)c(COC)c1.COCCOc1ccc(-c2ccc(Cl)cc2)c(COC)c1.COCc1cc(C(=O)CC(C)C)ccc1-c1ccc(Cl)cc1.COCc1cc(N2CCCC2=O)ccc1-c1ccc(Cl)cc1.COc1ccc(-c2ccc(Cl)cc2)cc1CS(C)(=O)=O. The minimum absolute atomic E-state index is 0.0440. The zero-order valence-corrected chi connectivity index (χ0v) is 67.9. The number of anilines is 1. The summed E-state index contributed by atoms with van der Waals surface area (Å²) >= 11 is 29.7. The van der Waals surface area contributed by atoms with E-state index in [1.165, 1.54) is 13.4 Å². The van der Waals surface area contributed by atoms with Crippen molar-refractivity contribution >= 4 is 85.2 Å². The maximum Gasteiger partial charge on any atom is 0.227 e. The number of carbonyl (C=O) groups excluding carboxylic acids is 2. The first-order valence-electron chi connectivity index (χ1n) is 35.3. The predicted octanol–water partition coefficient (Wildman–Crippen LogP) is 21.6. The molecule has 11 rings (SSSR count). The fourth-order valence-corrected chi connectivity index (χ4v) is 13.1. The number of hydrogen-bond donors (Lipinski definition) is 0. The summed E-state index contributed by atoms with van der Waals surface area (Å²) in [5.74, 6) is 2.88. The van der Waals surface area contributed by atoms with Gasteiger partial charge in [0.05, 0.1) is 65.7 Å². The largest absolute Gasteiger partial charge is 0.496 e. The van der Waals surface area contributed by atoms with Crippen LogP contribution in [0.4, 0.5) is 5.69 Å². The summed E-state index contributed by atoms with van der Waals surface area (Å²) in [6, 6.07) is 67.9. The van der Waals surface area contributed by atoms with Crippen LogP contribution in [0.1, 0.15) is 71.3 Å². The highest BCUT2D eigenvalue weighted by Gasteiger charge is 2.23. The number of amides is 1. The van der Waals surface area contributed by atoms with Crippen molar-refractivity contribution in [3.05, 3.63) is 271 Å². The molecule has 0 N–H and O–H groups in total. The molecule has 10 aromatic rings. The van der Waals surface area contributed by atoms with Crippen LogP contribution in [0.15, 0.2) is 212 Å². The molecular weight excluding hydrogens is 1500 g/mol. The molecule has 0 spiro atoms. The number of rotatable bonds is 31. The van der Waals surface area contributed by atoms with Gasteiger partial charge in [-0.3, -0.25) is 9.59 Å². The number of sulfone groups is 1. The first-order chi connectivity index (χ1) is 52.6. The van der Waals surface area contributed by atoms with Crippen LogP contribution in [0.5, 0.6) is 17.2 Å².